The van der Waals surface area contributed by atoms with Gasteiger partial charge in [-0.15, -0.1) is 10.2 Å². The normalized spacial score (nSPS) is 12.2. The van der Waals surface area contributed by atoms with E-state index in [0.717, 1.165) is 0 Å². The minimum Gasteiger partial charge on any atom is -0.297 e. The molecule has 0 saturated carbocycles. The highest BCUT2D eigenvalue weighted by Crippen LogP contribution is 2.25. The average molecular weight is 392 g/mol. The summed E-state index contributed by atoms with van der Waals surface area (Å²) in [5, 5.41) is 12.3. The van der Waals surface area contributed by atoms with Crippen molar-refractivity contribution >= 4 is 19.9 Å². The highest BCUT2D eigenvalue weighted by Gasteiger charge is 2.22. The first-order valence-electron chi connectivity index (χ1n) is 7.61. The summed E-state index contributed by atoms with van der Waals surface area (Å²) >= 11 is 0. The van der Waals surface area contributed by atoms with Crippen molar-refractivity contribution in [1.82, 2.24) is 14.8 Å². The second-order valence-corrected chi connectivity index (χ2v) is 8.84. The van der Waals surface area contributed by atoms with E-state index >= 15 is 0 Å². The van der Waals surface area contributed by atoms with Crippen LogP contribution in [-0.4, -0.2) is 31.6 Å². The summed E-state index contributed by atoms with van der Waals surface area (Å²) in [6.45, 7) is 2.02. The number of sulfone groups is 1. The van der Waals surface area contributed by atoms with E-state index < -0.39 is 19.9 Å². The molecule has 3 rings (SSSR count). The molecule has 0 atom stereocenters. The molecule has 1 aromatic heterocycles. The van der Waals surface area contributed by atoms with Crippen LogP contribution in [0.5, 0.6) is 0 Å². The number of aromatic nitrogens is 3. The van der Waals surface area contributed by atoms with Crippen molar-refractivity contribution < 1.29 is 16.8 Å². The van der Waals surface area contributed by atoms with E-state index in [1.807, 2.05) is 0 Å². The molecule has 0 aliphatic carbocycles. The first-order valence-corrected chi connectivity index (χ1v) is 10.6. The number of nitrogens with two attached hydrogens (primary N) is 1. The van der Waals surface area contributed by atoms with Gasteiger partial charge in [-0.3, -0.25) is 4.57 Å². The molecule has 0 fully saturated rings. The Labute approximate surface area is 151 Å². The van der Waals surface area contributed by atoms with Crippen LogP contribution in [0.15, 0.2) is 69.5 Å². The fourth-order valence-electron chi connectivity index (χ4n) is 2.52. The van der Waals surface area contributed by atoms with Gasteiger partial charge in [-0.05, 0) is 43.3 Å². The summed E-state index contributed by atoms with van der Waals surface area (Å²) in [4.78, 5) is 0.322. The predicted octanol–water partition coefficient (Wildman–Crippen LogP) is 1.45. The van der Waals surface area contributed by atoms with Gasteiger partial charge in [-0.1, -0.05) is 18.2 Å². The highest BCUT2D eigenvalue weighted by molar-refractivity contribution is 7.91. The Hall–Kier alpha value is -2.56. The topological polar surface area (TPSA) is 125 Å². The molecule has 2 N–H and O–H groups in total. The maximum Gasteiger partial charge on any atom is 0.273 e. The van der Waals surface area contributed by atoms with Crippen LogP contribution in [0, 0.1) is 0 Å². The van der Waals surface area contributed by atoms with Gasteiger partial charge < -0.3 is 0 Å². The van der Waals surface area contributed by atoms with Crippen LogP contribution < -0.4 is 5.14 Å². The Balaban J connectivity index is 2.03. The third-order valence-corrected chi connectivity index (χ3v) is 6.36. The average Bonchev–Trinajstić information content (AvgIpc) is 3.07. The fourth-order valence-corrected chi connectivity index (χ4v) is 4.48. The molecule has 0 aliphatic rings. The SMILES string of the molecule is CCn1c(-c2ccc(S(=O)(=O)c3ccccc3)cc2)nnc1S(N)(=O)=O. The van der Waals surface area contributed by atoms with Crippen molar-refractivity contribution in [2.24, 2.45) is 5.14 Å². The van der Waals surface area contributed by atoms with Gasteiger partial charge in [-0.25, -0.2) is 22.0 Å². The van der Waals surface area contributed by atoms with Crippen molar-refractivity contribution in [3.63, 3.8) is 0 Å². The first kappa shape index (κ1) is 18.2. The van der Waals surface area contributed by atoms with Crippen molar-refractivity contribution in [2.45, 2.75) is 28.4 Å². The Morgan fingerprint density at radius 3 is 2.00 bits per heavy atom. The van der Waals surface area contributed by atoms with E-state index in [0.29, 0.717) is 11.4 Å². The molecule has 0 bridgehead atoms. The van der Waals surface area contributed by atoms with E-state index in [4.69, 9.17) is 5.14 Å². The zero-order chi connectivity index (χ0) is 18.9. The highest BCUT2D eigenvalue weighted by atomic mass is 32.2. The Morgan fingerprint density at radius 1 is 0.885 bits per heavy atom. The summed E-state index contributed by atoms with van der Waals surface area (Å²) < 4.78 is 49.7. The fraction of sp³-hybridized carbons (Fsp3) is 0.125. The van der Waals surface area contributed by atoms with Gasteiger partial charge in [0.05, 0.1) is 9.79 Å². The molecule has 136 valence electrons. The molecule has 1 heterocycles. The molecule has 0 spiro atoms. The van der Waals surface area contributed by atoms with E-state index in [2.05, 4.69) is 10.2 Å². The predicted molar refractivity (Wildman–Crippen MR) is 94.4 cm³/mol. The number of hydrogen-bond acceptors (Lipinski definition) is 6. The lowest BCUT2D eigenvalue weighted by atomic mass is 10.2. The minimum absolute atomic E-state index is 0.127. The zero-order valence-corrected chi connectivity index (χ0v) is 15.4. The smallest absolute Gasteiger partial charge is 0.273 e. The maximum atomic E-state index is 12.6. The summed E-state index contributed by atoms with van der Waals surface area (Å²) in [6.07, 6.45) is 0. The van der Waals surface area contributed by atoms with E-state index in [1.165, 1.54) is 28.8 Å². The zero-order valence-electron chi connectivity index (χ0n) is 13.8. The van der Waals surface area contributed by atoms with Crippen molar-refractivity contribution in [2.75, 3.05) is 0 Å². The van der Waals surface area contributed by atoms with E-state index in [-0.39, 0.29) is 21.5 Å². The third kappa shape index (κ3) is 3.26. The molecule has 8 nitrogen and oxygen atoms in total. The molecule has 0 saturated heterocycles. The molecule has 10 heteroatoms. The minimum atomic E-state index is -4.01. The molecule has 26 heavy (non-hydrogen) atoms. The summed E-state index contributed by atoms with van der Waals surface area (Å²) in [5.41, 5.74) is 0.529. The lowest BCUT2D eigenvalue weighted by Gasteiger charge is -2.08. The second-order valence-electron chi connectivity index (χ2n) is 5.44. The van der Waals surface area contributed by atoms with E-state index in [1.54, 1.807) is 37.3 Å². The van der Waals surface area contributed by atoms with Crippen LogP contribution in [0.25, 0.3) is 11.4 Å². The standard InChI is InChI=1S/C16H16N4O4S2/c1-2-20-15(18-19-16(20)26(17,23)24)12-8-10-14(11-9-12)25(21,22)13-6-4-3-5-7-13/h3-11H,2H2,1H3,(H2,17,23,24). The van der Waals surface area contributed by atoms with Gasteiger partial charge in [0.2, 0.25) is 9.84 Å². The molecule has 0 radical (unpaired) electrons. The quantitative estimate of drug-likeness (QED) is 0.700. The van der Waals surface area contributed by atoms with Crippen LogP contribution in [0.2, 0.25) is 0 Å². The summed E-state index contributed by atoms with van der Waals surface area (Å²) in [6, 6.07) is 14.1. The molecule has 2 aromatic carbocycles. The van der Waals surface area contributed by atoms with Crippen molar-refractivity contribution in [3.8, 4) is 11.4 Å². The van der Waals surface area contributed by atoms with Crippen molar-refractivity contribution in [1.29, 1.82) is 0 Å². The first-order chi connectivity index (χ1) is 12.2. The summed E-state index contributed by atoms with van der Waals surface area (Å²) in [7, 11) is -7.64. The molecular weight excluding hydrogens is 376 g/mol. The van der Waals surface area contributed by atoms with Gasteiger partial charge in [0.1, 0.15) is 0 Å². The molecule has 0 aliphatic heterocycles. The van der Waals surface area contributed by atoms with E-state index in [9.17, 15) is 16.8 Å². The largest absolute Gasteiger partial charge is 0.297 e. The molecule has 0 unspecified atom stereocenters. The lowest BCUT2D eigenvalue weighted by molar-refractivity contribution is 0.571. The third-order valence-electron chi connectivity index (χ3n) is 3.76. The van der Waals surface area contributed by atoms with Crippen LogP contribution in [0.4, 0.5) is 0 Å². The number of primary sulfonamides is 1. The van der Waals surface area contributed by atoms with Crippen molar-refractivity contribution in [3.05, 3.63) is 54.6 Å². The Morgan fingerprint density at radius 2 is 1.46 bits per heavy atom. The molecule has 0 amide bonds. The lowest BCUT2D eigenvalue weighted by Crippen LogP contribution is -2.18. The van der Waals surface area contributed by atoms with Crippen LogP contribution in [0.1, 0.15) is 6.92 Å². The Kier molecular flexibility index (Phi) is 4.65. The maximum absolute atomic E-state index is 12.6. The molecule has 3 aromatic rings. The summed E-state index contributed by atoms with van der Waals surface area (Å²) in [5.74, 6) is 0.292. The second kappa shape index (κ2) is 6.63. The van der Waals surface area contributed by atoms with Crippen LogP contribution in [0.3, 0.4) is 0 Å². The Bertz CT molecular complexity index is 1140. The van der Waals surface area contributed by atoms with Gasteiger partial charge in [-0.2, -0.15) is 0 Å². The van der Waals surface area contributed by atoms with Gasteiger partial charge in [0.15, 0.2) is 5.82 Å². The van der Waals surface area contributed by atoms with Crippen LogP contribution in [-0.2, 0) is 26.4 Å². The van der Waals surface area contributed by atoms with Gasteiger partial charge in [0.25, 0.3) is 15.2 Å². The van der Waals surface area contributed by atoms with Crippen LogP contribution >= 0.6 is 0 Å². The van der Waals surface area contributed by atoms with Gasteiger partial charge in [0, 0.05) is 12.1 Å². The monoisotopic (exact) mass is 392 g/mol. The number of hydrogen-bond donors (Lipinski definition) is 1. The number of nitrogens with zero attached hydrogens (tertiary/aromatic N) is 3. The molecular formula is C16H16N4O4S2. The number of benzene rings is 2. The number of rotatable bonds is 5. The van der Waals surface area contributed by atoms with Gasteiger partial charge >= 0.3 is 0 Å². The number of sulfonamides is 1.